The minimum atomic E-state index is 0.660. The van der Waals surface area contributed by atoms with E-state index in [2.05, 4.69) is 49.4 Å². The van der Waals surface area contributed by atoms with Gasteiger partial charge in [0.1, 0.15) is 0 Å². The number of nitrogens with two attached hydrogens (primary N) is 4. The van der Waals surface area contributed by atoms with E-state index in [1.807, 2.05) is 0 Å². The third-order valence-corrected chi connectivity index (χ3v) is 6.18. The molecule has 11 N–H and O–H groups in total. The van der Waals surface area contributed by atoms with E-state index in [9.17, 15) is 0 Å². The van der Waals surface area contributed by atoms with Gasteiger partial charge in [-0.25, -0.2) is 0 Å². The van der Waals surface area contributed by atoms with Gasteiger partial charge in [-0.15, -0.1) is 0 Å². The van der Waals surface area contributed by atoms with Crippen LogP contribution in [0.5, 0.6) is 0 Å². The van der Waals surface area contributed by atoms with Crippen molar-refractivity contribution < 1.29 is 0 Å². The summed E-state index contributed by atoms with van der Waals surface area (Å²) in [4.78, 5) is 9.92. The van der Waals surface area contributed by atoms with Crippen molar-refractivity contribution in [1.82, 2.24) is 35.6 Å². The monoisotopic (exact) mass is 518 g/mol. The first-order valence-electron chi connectivity index (χ1n) is 14.5. The molecule has 0 rings (SSSR count). The molecule has 0 aromatic heterocycles. The van der Waals surface area contributed by atoms with Crippen molar-refractivity contribution in [1.29, 1.82) is 0 Å². The van der Waals surface area contributed by atoms with Crippen molar-refractivity contribution in [3.63, 3.8) is 0 Å². The van der Waals surface area contributed by atoms with Crippen LogP contribution in [0.1, 0.15) is 26.7 Å². The Labute approximate surface area is 223 Å². The van der Waals surface area contributed by atoms with E-state index >= 15 is 0 Å². The predicted octanol–water partition coefficient (Wildman–Crippen LogP) is -2.42. The second-order valence-corrected chi connectivity index (χ2v) is 9.47. The second-order valence-electron chi connectivity index (χ2n) is 9.47. The minimum Gasteiger partial charge on any atom is -0.329 e. The molecule has 11 heteroatoms. The molecule has 0 radical (unpaired) electrons. The van der Waals surface area contributed by atoms with Crippen molar-refractivity contribution in [3.8, 4) is 0 Å². The van der Waals surface area contributed by atoms with Gasteiger partial charge in [-0.3, -0.25) is 14.7 Å². The predicted molar refractivity (Wildman–Crippen MR) is 156 cm³/mol. The number of hydrogen-bond donors (Lipinski definition) is 7. The lowest BCUT2D eigenvalue weighted by Gasteiger charge is -2.32. The zero-order valence-corrected chi connectivity index (χ0v) is 23.9. The van der Waals surface area contributed by atoms with Crippen LogP contribution in [0.25, 0.3) is 0 Å². The maximum atomic E-state index is 5.85. The Morgan fingerprint density at radius 2 is 0.806 bits per heavy atom. The normalized spacial score (nSPS) is 12.2. The average molecular weight is 518 g/mol. The first-order valence-corrected chi connectivity index (χ1v) is 14.5. The Kier molecular flexibility index (Phi) is 27.3. The van der Waals surface area contributed by atoms with Crippen LogP contribution in [-0.4, -0.2) is 157 Å². The molecule has 0 bridgehead atoms. The topological polar surface area (TPSA) is 153 Å². The summed E-state index contributed by atoms with van der Waals surface area (Å²) in [7, 11) is 0. The van der Waals surface area contributed by atoms with Crippen LogP contribution in [0.2, 0.25) is 0 Å². The first kappa shape index (κ1) is 35.6. The molecule has 0 aliphatic carbocycles. The van der Waals surface area contributed by atoms with Crippen LogP contribution >= 0.6 is 0 Å². The molecule has 0 aliphatic heterocycles. The fourth-order valence-electron chi connectivity index (χ4n) is 4.21. The molecule has 0 aromatic rings. The van der Waals surface area contributed by atoms with Gasteiger partial charge in [0.25, 0.3) is 0 Å². The molecular formula is C25H63N11. The summed E-state index contributed by atoms with van der Waals surface area (Å²) in [6, 6.07) is 0. The fraction of sp³-hybridized carbons (Fsp3) is 1.00. The molecule has 0 saturated heterocycles. The van der Waals surface area contributed by atoms with Crippen molar-refractivity contribution >= 4 is 0 Å². The van der Waals surface area contributed by atoms with Crippen LogP contribution in [0, 0.1) is 0 Å². The van der Waals surface area contributed by atoms with Gasteiger partial charge in [-0.05, 0) is 25.9 Å². The summed E-state index contributed by atoms with van der Waals surface area (Å²) in [6.07, 6.45) is 2.33. The van der Waals surface area contributed by atoms with E-state index in [-0.39, 0.29) is 0 Å². The lowest BCUT2D eigenvalue weighted by Crippen LogP contribution is -2.48. The summed E-state index contributed by atoms with van der Waals surface area (Å²) in [6.45, 7) is 24.0. The molecule has 0 heterocycles. The molecule has 0 atom stereocenters. The van der Waals surface area contributed by atoms with Crippen LogP contribution in [0.3, 0.4) is 0 Å². The second kappa shape index (κ2) is 27.6. The maximum absolute atomic E-state index is 5.85. The quantitative estimate of drug-likeness (QED) is 0.0419. The summed E-state index contributed by atoms with van der Waals surface area (Å²) in [5, 5.41) is 10.6. The molecule has 11 nitrogen and oxygen atoms in total. The summed E-state index contributed by atoms with van der Waals surface area (Å²) < 4.78 is 0. The van der Waals surface area contributed by atoms with Gasteiger partial charge in [0.2, 0.25) is 0 Å². The smallest absolute Gasteiger partial charge is 0.0508 e. The number of nitrogens with zero attached hydrogens (tertiary/aromatic N) is 4. The van der Waals surface area contributed by atoms with Crippen molar-refractivity contribution in [2.24, 2.45) is 22.9 Å². The zero-order chi connectivity index (χ0) is 26.7. The zero-order valence-electron chi connectivity index (χ0n) is 23.9. The van der Waals surface area contributed by atoms with E-state index in [1.165, 1.54) is 6.42 Å². The average Bonchev–Trinajstić information content (AvgIpc) is 2.87. The van der Waals surface area contributed by atoms with E-state index in [0.717, 1.165) is 124 Å². The Hall–Kier alpha value is -0.440. The lowest BCUT2D eigenvalue weighted by atomic mass is 10.3. The number of rotatable bonds is 29. The van der Waals surface area contributed by atoms with Gasteiger partial charge in [-0.1, -0.05) is 13.8 Å². The molecule has 36 heavy (non-hydrogen) atoms. The van der Waals surface area contributed by atoms with E-state index in [0.29, 0.717) is 19.6 Å². The summed E-state index contributed by atoms with van der Waals surface area (Å²) >= 11 is 0. The van der Waals surface area contributed by atoms with Crippen LogP contribution in [0.4, 0.5) is 0 Å². The highest BCUT2D eigenvalue weighted by Gasteiger charge is 2.13. The first-order chi connectivity index (χ1) is 17.6. The molecule has 0 aromatic carbocycles. The molecule has 0 fully saturated rings. The minimum absolute atomic E-state index is 0.660. The summed E-state index contributed by atoms with van der Waals surface area (Å²) in [5.74, 6) is 0. The van der Waals surface area contributed by atoms with Gasteiger partial charge in [0.15, 0.2) is 0 Å². The Morgan fingerprint density at radius 3 is 1.31 bits per heavy atom. The van der Waals surface area contributed by atoms with E-state index < -0.39 is 0 Å². The Morgan fingerprint density at radius 1 is 0.389 bits per heavy atom. The van der Waals surface area contributed by atoms with Gasteiger partial charge in [0.05, 0.1) is 6.67 Å². The molecule has 0 spiro atoms. The molecule has 0 unspecified atom stereocenters. The van der Waals surface area contributed by atoms with Gasteiger partial charge in [-0.2, -0.15) is 0 Å². The molecule has 218 valence electrons. The van der Waals surface area contributed by atoms with E-state index in [4.69, 9.17) is 22.9 Å². The van der Waals surface area contributed by atoms with Gasteiger partial charge < -0.3 is 43.8 Å². The standard InChI is InChI=1S/C25H63N11/c1-3-9-30-14-22-36(25-35(17-7-28)18-8-29)24-23-34(20-11-31-10-5-26)21-13-32-12-19-33(15-4-2)16-6-27/h30-32H,3-29H2,1-2H3. The highest BCUT2D eigenvalue weighted by atomic mass is 15.3. The van der Waals surface area contributed by atoms with Gasteiger partial charge >= 0.3 is 0 Å². The summed E-state index contributed by atoms with van der Waals surface area (Å²) in [5.41, 5.74) is 23.1. The Bertz CT molecular complexity index is 419. The number of nitrogens with one attached hydrogen (secondary N) is 3. The van der Waals surface area contributed by atoms with E-state index in [1.54, 1.807) is 0 Å². The Balaban J connectivity index is 4.76. The number of hydrogen-bond acceptors (Lipinski definition) is 11. The highest BCUT2D eigenvalue weighted by Crippen LogP contribution is 1.97. The fourth-order valence-corrected chi connectivity index (χ4v) is 4.21. The maximum Gasteiger partial charge on any atom is 0.0508 e. The van der Waals surface area contributed by atoms with Crippen molar-refractivity contribution in [2.45, 2.75) is 26.7 Å². The van der Waals surface area contributed by atoms with Crippen LogP contribution in [0.15, 0.2) is 0 Å². The molecule has 0 aliphatic rings. The van der Waals surface area contributed by atoms with Crippen molar-refractivity contribution in [2.75, 3.05) is 138 Å². The largest absolute Gasteiger partial charge is 0.329 e. The van der Waals surface area contributed by atoms with Crippen LogP contribution in [-0.2, 0) is 0 Å². The third kappa shape index (κ3) is 21.6. The highest BCUT2D eigenvalue weighted by molar-refractivity contribution is 4.69. The third-order valence-electron chi connectivity index (χ3n) is 6.18. The van der Waals surface area contributed by atoms with Crippen LogP contribution < -0.4 is 38.9 Å². The molecular weight excluding hydrogens is 454 g/mol. The molecule has 0 saturated carbocycles. The lowest BCUT2D eigenvalue weighted by molar-refractivity contribution is 0.120. The van der Waals surface area contributed by atoms with Crippen molar-refractivity contribution in [3.05, 3.63) is 0 Å². The SMILES string of the molecule is CCCNCCN(CCN(CCNCCN)CCNCCN(CCC)CCN)CN(CCN)CCN. The van der Waals surface area contributed by atoms with Gasteiger partial charge in [0, 0.05) is 118 Å². The molecule has 0 amide bonds.